The molecule has 3 N–H and O–H groups in total. The fourth-order valence-corrected chi connectivity index (χ4v) is 1.36. The van der Waals surface area contributed by atoms with Gasteiger partial charge >= 0.3 is 6.18 Å². The van der Waals surface area contributed by atoms with Gasteiger partial charge in [0.05, 0.1) is 13.2 Å². The van der Waals surface area contributed by atoms with Crippen molar-refractivity contribution in [3.8, 4) is 5.75 Å². The number of methoxy groups -OCH3 is 1. The molecule has 0 radical (unpaired) electrons. The molecule has 0 amide bonds. The summed E-state index contributed by atoms with van der Waals surface area (Å²) in [6, 6.07) is 4.20. The molecule has 0 bridgehead atoms. The standard InChI is InChI=1S/C11H14F3NO2/c1-17-8-4-2-3-7(5-8)9(16)6-10(15)11(12,13)14/h2-5,9-10,16H,6,15H2,1H3/t9-,10+/m0/s1. The summed E-state index contributed by atoms with van der Waals surface area (Å²) in [7, 11) is 1.44. The van der Waals surface area contributed by atoms with Gasteiger partial charge in [0.2, 0.25) is 0 Å². The lowest BCUT2D eigenvalue weighted by molar-refractivity contribution is -0.153. The predicted octanol–water partition coefficient (Wildman–Crippen LogP) is 2.01. The van der Waals surface area contributed by atoms with E-state index < -0.39 is 24.7 Å². The van der Waals surface area contributed by atoms with Gasteiger partial charge in [0, 0.05) is 6.42 Å². The molecule has 2 atom stereocenters. The first-order chi connectivity index (χ1) is 7.84. The molecule has 3 nitrogen and oxygen atoms in total. The van der Waals surface area contributed by atoms with Crippen LogP contribution in [-0.2, 0) is 0 Å². The van der Waals surface area contributed by atoms with E-state index >= 15 is 0 Å². The largest absolute Gasteiger partial charge is 0.497 e. The van der Waals surface area contributed by atoms with Gasteiger partial charge in [0.15, 0.2) is 0 Å². The summed E-state index contributed by atoms with van der Waals surface area (Å²) in [5, 5.41) is 9.64. The molecule has 0 aromatic heterocycles. The normalized spacial score (nSPS) is 15.4. The van der Waals surface area contributed by atoms with Crippen LogP contribution in [-0.4, -0.2) is 24.4 Å². The summed E-state index contributed by atoms with van der Waals surface area (Å²) in [4.78, 5) is 0. The number of nitrogens with two attached hydrogens (primary N) is 1. The third-order valence-corrected chi connectivity index (χ3v) is 2.38. The Labute approximate surface area is 97.0 Å². The third-order valence-electron chi connectivity index (χ3n) is 2.38. The molecule has 0 aliphatic carbocycles. The van der Waals surface area contributed by atoms with E-state index in [0.717, 1.165) is 0 Å². The number of ether oxygens (including phenoxy) is 1. The average molecular weight is 249 g/mol. The van der Waals surface area contributed by atoms with Crippen LogP contribution in [0, 0.1) is 0 Å². The maximum atomic E-state index is 12.2. The van der Waals surface area contributed by atoms with Crippen LogP contribution >= 0.6 is 0 Å². The lowest BCUT2D eigenvalue weighted by Gasteiger charge is -2.19. The van der Waals surface area contributed by atoms with Gasteiger partial charge in [-0.1, -0.05) is 12.1 Å². The first-order valence-electron chi connectivity index (χ1n) is 4.99. The molecular weight excluding hydrogens is 235 g/mol. The van der Waals surface area contributed by atoms with Crippen molar-refractivity contribution in [1.82, 2.24) is 0 Å². The van der Waals surface area contributed by atoms with Gasteiger partial charge in [0.25, 0.3) is 0 Å². The number of hydrogen-bond donors (Lipinski definition) is 2. The van der Waals surface area contributed by atoms with Crippen molar-refractivity contribution < 1.29 is 23.0 Å². The average Bonchev–Trinajstić information content (AvgIpc) is 2.27. The highest BCUT2D eigenvalue weighted by Gasteiger charge is 2.37. The zero-order valence-electron chi connectivity index (χ0n) is 9.24. The first-order valence-corrected chi connectivity index (χ1v) is 4.99. The number of rotatable bonds is 4. The van der Waals surface area contributed by atoms with E-state index in [2.05, 4.69) is 0 Å². The van der Waals surface area contributed by atoms with Crippen LogP contribution in [0.5, 0.6) is 5.75 Å². The van der Waals surface area contributed by atoms with E-state index in [4.69, 9.17) is 10.5 Å². The van der Waals surface area contributed by atoms with Crippen molar-refractivity contribution in [2.24, 2.45) is 5.73 Å². The molecular formula is C11H14F3NO2. The smallest absolute Gasteiger partial charge is 0.403 e. The topological polar surface area (TPSA) is 55.5 Å². The predicted molar refractivity (Wildman–Crippen MR) is 56.6 cm³/mol. The van der Waals surface area contributed by atoms with E-state index in [1.165, 1.54) is 19.2 Å². The fourth-order valence-electron chi connectivity index (χ4n) is 1.36. The summed E-state index contributed by atoms with van der Waals surface area (Å²) < 4.78 is 41.5. The van der Waals surface area contributed by atoms with E-state index in [0.29, 0.717) is 11.3 Å². The Bertz CT molecular complexity index is 368. The summed E-state index contributed by atoms with van der Waals surface area (Å²) in [5.41, 5.74) is 5.29. The number of benzene rings is 1. The number of hydrogen-bond acceptors (Lipinski definition) is 3. The maximum Gasteiger partial charge on any atom is 0.403 e. The second-order valence-electron chi connectivity index (χ2n) is 3.68. The quantitative estimate of drug-likeness (QED) is 0.858. The molecule has 0 spiro atoms. The van der Waals surface area contributed by atoms with Crippen LogP contribution in [0.3, 0.4) is 0 Å². The summed E-state index contributed by atoms with van der Waals surface area (Å²) in [6.45, 7) is 0. The summed E-state index contributed by atoms with van der Waals surface area (Å²) in [6.07, 6.45) is -6.34. The van der Waals surface area contributed by atoms with E-state index in [1.54, 1.807) is 12.1 Å². The Hall–Kier alpha value is -1.27. The Morgan fingerprint density at radius 3 is 2.59 bits per heavy atom. The molecule has 17 heavy (non-hydrogen) atoms. The molecule has 1 aromatic carbocycles. The van der Waals surface area contributed by atoms with Gasteiger partial charge in [-0.25, -0.2) is 0 Å². The van der Waals surface area contributed by atoms with Gasteiger partial charge in [-0.15, -0.1) is 0 Å². The van der Waals surface area contributed by atoms with Gasteiger partial charge in [0.1, 0.15) is 11.8 Å². The van der Waals surface area contributed by atoms with Crippen LogP contribution in [0.1, 0.15) is 18.1 Å². The minimum Gasteiger partial charge on any atom is -0.497 e. The molecule has 0 saturated heterocycles. The number of aliphatic hydroxyl groups is 1. The van der Waals surface area contributed by atoms with Crippen molar-refractivity contribution >= 4 is 0 Å². The summed E-state index contributed by atoms with van der Waals surface area (Å²) in [5.74, 6) is 0.474. The Kier molecular flexibility index (Phi) is 4.36. The monoisotopic (exact) mass is 249 g/mol. The number of aliphatic hydroxyl groups excluding tert-OH is 1. The number of halogens is 3. The molecule has 6 heteroatoms. The molecule has 0 aliphatic rings. The zero-order valence-corrected chi connectivity index (χ0v) is 9.24. The number of alkyl halides is 3. The maximum absolute atomic E-state index is 12.2. The van der Waals surface area contributed by atoms with Gasteiger partial charge in [-0.3, -0.25) is 0 Å². The van der Waals surface area contributed by atoms with Crippen molar-refractivity contribution in [3.63, 3.8) is 0 Å². The lowest BCUT2D eigenvalue weighted by Crippen LogP contribution is -2.38. The van der Waals surface area contributed by atoms with E-state index in [9.17, 15) is 18.3 Å². The molecule has 1 aromatic rings. The molecule has 0 heterocycles. The Morgan fingerprint density at radius 1 is 1.41 bits per heavy atom. The Balaban J connectivity index is 2.72. The van der Waals surface area contributed by atoms with Crippen molar-refractivity contribution in [3.05, 3.63) is 29.8 Å². The van der Waals surface area contributed by atoms with Gasteiger partial charge < -0.3 is 15.6 Å². The minimum atomic E-state index is -4.50. The van der Waals surface area contributed by atoms with Crippen LogP contribution < -0.4 is 10.5 Å². The fraction of sp³-hybridized carbons (Fsp3) is 0.455. The minimum absolute atomic E-state index is 0.351. The highest BCUT2D eigenvalue weighted by Crippen LogP contribution is 2.28. The first kappa shape index (κ1) is 13.8. The highest BCUT2D eigenvalue weighted by atomic mass is 19.4. The molecule has 96 valence electrons. The third kappa shape index (κ3) is 3.90. The van der Waals surface area contributed by atoms with Crippen LogP contribution in [0.15, 0.2) is 24.3 Å². The second-order valence-corrected chi connectivity index (χ2v) is 3.68. The van der Waals surface area contributed by atoms with Crippen LogP contribution in [0.2, 0.25) is 0 Å². The van der Waals surface area contributed by atoms with Gasteiger partial charge in [-0.2, -0.15) is 13.2 Å². The second kappa shape index (κ2) is 5.37. The molecule has 0 unspecified atom stereocenters. The molecule has 0 fully saturated rings. The molecule has 1 rings (SSSR count). The van der Waals surface area contributed by atoms with Crippen molar-refractivity contribution in [2.75, 3.05) is 7.11 Å². The van der Waals surface area contributed by atoms with Crippen molar-refractivity contribution in [1.29, 1.82) is 0 Å². The van der Waals surface area contributed by atoms with Crippen LogP contribution in [0.25, 0.3) is 0 Å². The SMILES string of the molecule is COc1cccc([C@@H](O)C[C@@H](N)C(F)(F)F)c1. The van der Waals surface area contributed by atoms with E-state index in [1.807, 2.05) is 0 Å². The Morgan fingerprint density at radius 2 is 2.06 bits per heavy atom. The molecule has 0 saturated carbocycles. The van der Waals surface area contributed by atoms with Crippen molar-refractivity contribution in [2.45, 2.75) is 24.7 Å². The van der Waals surface area contributed by atoms with Crippen LogP contribution in [0.4, 0.5) is 13.2 Å². The van der Waals surface area contributed by atoms with E-state index in [-0.39, 0.29) is 0 Å². The zero-order chi connectivity index (χ0) is 13.1. The lowest BCUT2D eigenvalue weighted by atomic mass is 10.0. The van der Waals surface area contributed by atoms with Gasteiger partial charge in [-0.05, 0) is 17.7 Å². The highest BCUT2D eigenvalue weighted by molar-refractivity contribution is 5.29. The molecule has 0 aliphatic heterocycles. The summed E-state index contributed by atoms with van der Waals surface area (Å²) >= 11 is 0.